The van der Waals surface area contributed by atoms with Gasteiger partial charge in [-0.15, -0.1) is 16.4 Å². The summed E-state index contributed by atoms with van der Waals surface area (Å²) in [5.41, 5.74) is 11.3. The SMILES string of the molecule is Cn1c(-c2csc(/N=C3\CSC(N)=NN3)n2)nc2ccccc21. The highest BCUT2D eigenvalue weighted by Gasteiger charge is 2.14. The second-order valence-electron chi connectivity index (χ2n) is 4.91. The molecule has 3 heterocycles. The van der Waals surface area contributed by atoms with Crippen LogP contribution in [0.2, 0.25) is 0 Å². The topological polar surface area (TPSA) is 93.5 Å². The van der Waals surface area contributed by atoms with E-state index >= 15 is 0 Å². The molecule has 0 saturated heterocycles. The van der Waals surface area contributed by atoms with Gasteiger partial charge in [0, 0.05) is 12.4 Å². The number of fused-ring (bicyclic) bond motifs is 1. The molecule has 0 bridgehead atoms. The standard InChI is InChI=1S/C14H13N7S2/c1-21-10-5-3-2-4-8(10)16-12(21)9-6-23-14(17-9)18-11-7-22-13(15)20-19-11/h2-6H,7H2,1H3,(H2,15,20)(H,17,18,19). The summed E-state index contributed by atoms with van der Waals surface area (Å²) in [6.07, 6.45) is 0. The van der Waals surface area contributed by atoms with Crippen molar-refractivity contribution >= 4 is 50.3 Å². The average molecular weight is 343 g/mol. The normalized spacial score (nSPS) is 16.6. The molecule has 9 heteroatoms. The van der Waals surface area contributed by atoms with Gasteiger partial charge in [0.25, 0.3) is 0 Å². The third kappa shape index (κ3) is 2.68. The minimum atomic E-state index is 0.517. The number of hydrogen-bond donors (Lipinski definition) is 2. The summed E-state index contributed by atoms with van der Waals surface area (Å²) in [7, 11) is 1.99. The molecule has 116 valence electrons. The van der Waals surface area contributed by atoms with E-state index in [-0.39, 0.29) is 0 Å². The van der Waals surface area contributed by atoms with Gasteiger partial charge in [-0.1, -0.05) is 23.9 Å². The average Bonchev–Trinajstić information content (AvgIpc) is 3.15. The molecule has 4 rings (SSSR count). The first-order valence-corrected chi connectivity index (χ1v) is 8.74. The molecule has 0 amide bonds. The Balaban J connectivity index is 1.67. The monoisotopic (exact) mass is 343 g/mol. The van der Waals surface area contributed by atoms with Gasteiger partial charge in [0.05, 0.1) is 16.8 Å². The van der Waals surface area contributed by atoms with E-state index in [1.165, 1.54) is 23.1 Å². The zero-order valence-electron chi connectivity index (χ0n) is 12.2. The second kappa shape index (κ2) is 5.67. The third-order valence-electron chi connectivity index (χ3n) is 3.39. The van der Waals surface area contributed by atoms with Crippen LogP contribution in [0.1, 0.15) is 0 Å². The van der Waals surface area contributed by atoms with Gasteiger partial charge in [-0.3, -0.25) is 5.43 Å². The molecule has 0 radical (unpaired) electrons. The lowest BCUT2D eigenvalue weighted by molar-refractivity contribution is 0.952. The number of imidazole rings is 1. The van der Waals surface area contributed by atoms with Crippen molar-refractivity contribution in [3.63, 3.8) is 0 Å². The number of rotatable bonds is 2. The van der Waals surface area contributed by atoms with Crippen molar-refractivity contribution in [3.05, 3.63) is 29.6 Å². The number of thiazole rings is 1. The van der Waals surface area contributed by atoms with Crippen molar-refractivity contribution in [1.82, 2.24) is 20.0 Å². The Morgan fingerprint density at radius 2 is 2.17 bits per heavy atom. The van der Waals surface area contributed by atoms with Crippen LogP contribution >= 0.6 is 23.1 Å². The number of amidine groups is 2. The minimum absolute atomic E-state index is 0.517. The molecule has 3 N–H and O–H groups in total. The Hall–Kier alpha value is -2.39. The summed E-state index contributed by atoms with van der Waals surface area (Å²) in [6.45, 7) is 0. The van der Waals surface area contributed by atoms with E-state index in [2.05, 4.69) is 25.5 Å². The van der Waals surface area contributed by atoms with E-state index in [4.69, 9.17) is 5.73 Å². The molecule has 0 saturated carbocycles. The Labute approximate surface area is 140 Å². The number of aliphatic imine (C=N–C) groups is 1. The zero-order chi connectivity index (χ0) is 15.8. The highest BCUT2D eigenvalue weighted by atomic mass is 32.2. The largest absolute Gasteiger partial charge is 0.377 e. The quantitative estimate of drug-likeness (QED) is 0.744. The summed E-state index contributed by atoms with van der Waals surface area (Å²) >= 11 is 2.93. The fourth-order valence-corrected chi connectivity index (χ4v) is 3.51. The Morgan fingerprint density at radius 3 is 2.96 bits per heavy atom. The predicted molar refractivity (Wildman–Crippen MR) is 96.1 cm³/mol. The van der Waals surface area contributed by atoms with Crippen LogP contribution in [0, 0.1) is 0 Å². The molecule has 1 aliphatic heterocycles. The van der Waals surface area contributed by atoms with Crippen LogP contribution in [0.4, 0.5) is 5.13 Å². The van der Waals surface area contributed by atoms with E-state index in [1.807, 2.05) is 41.3 Å². The highest BCUT2D eigenvalue weighted by Crippen LogP contribution is 2.28. The van der Waals surface area contributed by atoms with Crippen molar-refractivity contribution < 1.29 is 0 Å². The summed E-state index contributed by atoms with van der Waals surface area (Å²) in [4.78, 5) is 13.7. The number of nitrogens with two attached hydrogens (primary N) is 1. The maximum atomic E-state index is 5.60. The van der Waals surface area contributed by atoms with E-state index in [1.54, 1.807) is 0 Å². The molecule has 1 aliphatic rings. The number of hydrazone groups is 1. The van der Waals surface area contributed by atoms with E-state index < -0.39 is 0 Å². The van der Waals surface area contributed by atoms with Crippen molar-refractivity contribution in [2.75, 3.05) is 5.75 Å². The van der Waals surface area contributed by atoms with Crippen molar-refractivity contribution in [2.45, 2.75) is 0 Å². The third-order valence-corrected chi connectivity index (χ3v) is 4.93. The number of nitrogens with zero attached hydrogens (tertiary/aromatic N) is 5. The molecule has 2 aromatic heterocycles. The van der Waals surface area contributed by atoms with Crippen LogP contribution in [0.5, 0.6) is 0 Å². The second-order valence-corrected chi connectivity index (χ2v) is 6.74. The van der Waals surface area contributed by atoms with Gasteiger partial charge in [0.2, 0.25) is 5.13 Å². The van der Waals surface area contributed by atoms with Crippen LogP contribution < -0.4 is 11.2 Å². The highest BCUT2D eigenvalue weighted by molar-refractivity contribution is 8.14. The zero-order valence-corrected chi connectivity index (χ0v) is 13.9. The van der Waals surface area contributed by atoms with Crippen molar-refractivity contribution in [1.29, 1.82) is 0 Å². The Kier molecular flexibility index (Phi) is 3.50. The lowest BCUT2D eigenvalue weighted by Gasteiger charge is -2.10. The molecular weight excluding hydrogens is 330 g/mol. The van der Waals surface area contributed by atoms with Gasteiger partial charge >= 0.3 is 0 Å². The molecule has 23 heavy (non-hydrogen) atoms. The molecule has 0 spiro atoms. The summed E-state index contributed by atoms with van der Waals surface area (Å²) in [5, 5.41) is 7.11. The maximum Gasteiger partial charge on any atom is 0.211 e. The molecule has 0 unspecified atom stereocenters. The van der Waals surface area contributed by atoms with Gasteiger partial charge in [-0.2, -0.15) is 0 Å². The summed E-state index contributed by atoms with van der Waals surface area (Å²) in [6, 6.07) is 8.03. The van der Waals surface area contributed by atoms with Crippen molar-refractivity contribution in [2.24, 2.45) is 22.9 Å². The number of hydrogen-bond acceptors (Lipinski definition) is 7. The maximum absolute atomic E-state index is 5.60. The lowest BCUT2D eigenvalue weighted by atomic mass is 10.3. The number of para-hydroxylation sites is 2. The van der Waals surface area contributed by atoms with E-state index in [0.29, 0.717) is 16.1 Å². The van der Waals surface area contributed by atoms with Crippen LogP contribution in [0.25, 0.3) is 22.6 Å². The van der Waals surface area contributed by atoms with Crippen LogP contribution in [-0.2, 0) is 7.05 Å². The summed E-state index contributed by atoms with van der Waals surface area (Å²) < 4.78 is 2.04. The van der Waals surface area contributed by atoms with E-state index in [9.17, 15) is 0 Å². The molecule has 0 fully saturated rings. The van der Waals surface area contributed by atoms with Gasteiger partial charge < -0.3 is 10.3 Å². The van der Waals surface area contributed by atoms with Crippen molar-refractivity contribution in [3.8, 4) is 11.5 Å². The van der Waals surface area contributed by atoms with Gasteiger partial charge in [0.15, 0.2) is 11.0 Å². The van der Waals surface area contributed by atoms with Gasteiger partial charge in [-0.05, 0) is 12.1 Å². The molecule has 1 aromatic carbocycles. The smallest absolute Gasteiger partial charge is 0.211 e. The number of nitrogens with one attached hydrogen (secondary N) is 1. The lowest BCUT2D eigenvalue weighted by Crippen LogP contribution is -2.29. The first kappa shape index (κ1) is 14.2. The Bertz CT molecular complexity index is 938. The molecule has 3 aromatic rings. The Morgan fingerprint density at radius 1 is 1.30 bits per heavy atom. The first-order chi connectivity index (χ1) is 11.2. The molecule has 7 nitrogen and oxygen atoms in total. The number of aromatic nitrogens is 3. The van der Waals surface area contributed by atoms with Crippen LogP contribution in [0.3, 0.4) is 0 Å². The fraction of sp³-hybridized carbons (Fsp3) is 0.143. The van der Waals surface area contributed by atoms with E-state index in [0.717, 1.165) is 28.4 Å². The predicted octanol–water partition coefficient (Wildman–Crippen LogP) is 2.29. The number of benzene rings is 1. The fourth-order valence-electron chi connectivity index (χ4n) is 2.29. The van der Waals surface area contributed by atoms with Crippen LogP contribution in [-0.4, -0.2) is 31.3 Å². The van der Waals surface area contributed by atoms with Crippen LogP contribution in [0.15, 0.2) is 39.7 Å². The number of aryl methyl sites for hydroxylation is 1. The summed E-state index contributed by atoms with van der Waals surface area (Å²) in [5.74, 6) is 2.24. The van der Waals surface area contributed by atoms with Gasteiger partial charge in [0.1, 0.15) is 11.5 Å². The molecule has 0 aliphatic carbocycles. The minimum Gasteiger partial charge on any atom is -0.377 e. The number of thioether (sulfide) groups is 1. The molecule has 0 atom stereocenters. The first-order valence-electron chi connectivity index (χ1n) is 6.87. The van der Waals surface area contributed by atoms with Gasteiger partial charge in [-0.25, -0.2) is 15.0 Å². The molecular formula is C14H13N7S2.